The highest BCUT2D eigenvalue weighted by molar-refractivity contribution is 6.10. The predicted octanol–water partition coefficient (Wildman–Crippen LogP) is 5.55. The maximum Gasteiger partial charge on any atom is 0.407 e. The summed E-state index contributed by atoms with van der Waals surface area (Å²) in [5.74, 6) is -0.453. The Hall–Kier alpha value is -5.52. The highest BCUT2D eigenvalue weighted by atomic mass is 16.6. The quantitative estimate of drug-likeness (QED) is 0.206. The second-order valence-corrected chi connectivity index (χ2v) is 14.1. The summed E-state index contributed by atoms with van der Waals surface area (Å²) in [4.78, 5) is 58.7. The highest BCUT2D eigenvalue weighted by Gasteiger charge is 2.22. The minimum Gasteiger partial charge on any atom is -0.444 e. The monoisotopic (exact) mass is 680 g/mol. The molecule has 5 rings (SSSR count). The molecule has 0 aliphatic carbocycles. The van der Waals surface area contributed by atoms with Crippen LogP contribution in [-0.2, 0) is 22.3 Å². The van der Waals surface area contributed by atoms with Crippen molar-refractivity contribution in [3.05, 3.63) is 94.0 Å². The maximum atomic E-state index is 12.7. The van der Waals surface area contributed by atoms with Crippen molar-refractivity contribution in [2.75, 3.05) is 26.2 Å². The number of hydrogen-bond acceptors (Lipinski definition) is 8. The maximum absolute atomic E-state index is 12.7. The molecule has 262 valence electrons. The van der Waals surface area contributed by atoms with Crippen molar-refractivity contribution in [1.82, 2.24) is 21.3 Å². The number of nitrogens with zero attached hydrogens (tertiary/aromatic N) is 2. The van der Waals surface area contributed by atoms with Crippen molar-refractivity contribution < 1.29 is 28.7 Å². The van der Waals surface area contributed by atoms with E-state index in [0.717, 1.165) is 45.1 Å². The topological polar surface area (TPSA) is 160 Å². The van der Waals surface area contributed by atoms with Crippen LogP contribution in [-0.4, -0.2) is 72.8 Å². The lowest BCUT2D eigenvalue weighted by molar-refractivity contribution is 0.0516. The Labute approximate surface area is 292 Å². The lowest BCUT2D eigenvalue weighted by atomic mass is 9.98. The predicted molar refractivity (Wildman–Crippen MR) is 192 cm³/mol. The average molecular weight is 681 g/mol. The summed E-state index contributed by atoms with van der Waals surface area (Å²) in [6.07, 6.45) is 0.154. The molecule has 0 unspecified atom stereocenters. The van der Waals surface area contributed by atoms with Gasteiger partial charge in [-0.3, -0.25) is 19.6 Å². The van der Waals surface area contributed by atoms with Gasteiger partial charge in [0, 0.05) is 50.1 Å². The van der Waals surface area contributed by atoms with E-state index in [2.05, 4.69) is 21.3 Å². The van der Waals surface area contributed by atoms with Crippen LogP contribution in [0.5, 0.6) is 0 Å². The second-order valence-electron chi connectivity index (χ2n) is 14.1. The largest absolute Gasteiger partial charge is 0.444 e. The van der Waals surface area contributed by atoms with Gasteiger partial charge < -0.3 is 30.7 Å². The zero-order valence-corrected chi connectivity index (χ0v) is 29.4. The fourth-order valence-corrected chi connectivity index (χ4v) is 5.39. The Morgan fingerprint density at radius 1 is 0.560 bits per heavy atom. The Morgan fingerprint density at radius 2 is 0.920 bits per heavy atom. The van der Waals surface area contributed by atoms with Crippen LogP contribution in [0.25, 0.3) is 0 Å². The molecule has 0 fully saturated rings. The van der Waals surface area contributed by atoms with Gasteiger partial charge in [-0.2, -0.15) is 0 Å². The van der Waals surface area contributed by atoms with E-state index >= 15 is 0 Å². The molecule has 50 heavy (non-hydrogen) atoms. The van der Waals surface area contributed by atoms with E-state index in [0.29, 0.717) is 24.0 Å². The SMILES string of the molecule is CC(C)(C)OC(=O)NCCNC(=O)c1ccc2c(c1)CC(c1ccc(C3=Nc4ccc(C(=O)NCCNC(=O)OC(C)(C)C)cc4C3)cc1)=N2. The van der Waals surface area contributed by atoms with Crippen molar-refractivity contribution in [2.24, 2.45) is 9.98 Å². The number of fused-ring (bicyclic) bond motifs is 2. The van der Waals surface area contributed by atoms with Gasteiger partial charge in [0.2, 0.25) is 0 Å². The molecule has 2 aliphatic rings. The average Bonchev–Trinajstić information content (AvgIpc) is 3.67. The van der Waals surface area contributed by atoms with Crippen LogP contribution in [0.2, 0.25) is 0 Å². The van der Waals surface area contributed by atoms with Crippen molar-refractivity contribution >= 4 is 46.8 Å². The van der Waals surface area contributed by atoms with Crippen LogP contribution < -0.4 is 21.3 Å². The van der Waals surface area contributed by atoms with E-state index in [1.54, 1.807) is 53.7 Å². The number of carbonyl (C=O) groups is 4. The number of alkyl carbamates (subject to hydrolysis) is 2. The molecular weight excluding hydrogens is 636 g/mol. The first-order valence-corrected chi connectivity index (χ1v) is 16.7. The normalized spacial score (nSPS) is 13.3. The van der Waals surface area contributed by atoms with E-state index < -0.39 is 23.4 Å². The van der Waals surface area contributed by atoms with Gasteiger partial charge >= 0.3 is 12.2 Å². The molecule has 0 saturated heterocycles. The van der Waals surface area contributed by atoms with Crippen molar-refractivity contribution in [1.29, 1.82) is 0 Å². The lowest BCUT2D eigenvalue weighted by Crippen LogP contribution is -2.37. The Morgan fingerprint density at radius 3 is 1.28 bits per heavy atom. The summed E-state index contributed by atoms with van der Waals surface area (Å²) in [6.45, 7) is 11.8. The third-order valence-electron chi connectivity index (χ3n) is 7.62. The number of aliphatic imine (C=N–C) groups is 2. The molecule has 0 saturated carbocycles. The van der Waals surface area contributed by atoms with E-state index in [9.17, 15) is 19.2 Å². The van der Waals surface area contributed by atoms with Gasteiger partial charge in [0.1, 0.15) is 11.2 Å². The molecule has 0 bridgehead atoms. The van der Waals surface area contributed by atoms with E-state index in [-0.39, 0.29) is 38.0 Å². The zero-order valence-electron chi connectivity index (χ0n) is 29.4. The van der Waals surface area contributed by atoms with Gasteiger partial charge in [-0.1, -0.05) is 24.3 Å². The molecule has 4 N–H and O–H groups in total. The molecule has 4 amide bonds. The molecule has 0 spiro atoms. The zero-order chi connectivity index (χ0) is 36.1. The molecule has 12 heteroatoms. The Kier molecular flexibility index (Phi) is 10.7. The highest BCUT2D eigenvalue weighted by Crippen LogP contribution is 2.32. The van der Waals surface area contributed by atoms with E-state index in [1.165, 1.54) is 0 Å². The fourth-order valence-electron chi connectivity index (χ4n) is 5.39. The first-order valence-electron chi connectivity index (χ1n) is 16.7. The first kappa shape index (κ1) is 35.8. The number of ether oxygens (including phenoxy) is 2. The number of rotatable bonds is 10. The summed E-state index contributed by atoms with van der Waals surface area (Å²) in [6, 6.07) is 19.0. The van der Waals surface area contributed by atoms with Gasteiger partial charge in [0.25, 0.3) is 11.8 Å². The summed E-state index contributed by atoms with van der Waals surface area (Å²) < 4.78 is 10.4. The van der Waals surface area contributed by atoms with Gasteiger partial charge in [-0.25, -0.2) is 9.59 Å². The second kappa shape index (κ2) is 14.9. The van der Waals surface area contributed by atoms with Crippen LogP contribution in [0.3, 0.4) is 0 Å². The third-order valence-corrected chi connectivity index (χ3v) is 7.62. The summed E-state index contributed by atoms with van der Waals surface area (Å²) in [5, 5.41) is 10.9. The number of benzene rings is 3. The number of nitrogens with one attached hydrogen (secondary N) is 4. The molecule has 0 aromatic heterocycles. The fraction of sp³-hybridized carbons (Fsp3) is 0.368. The number of amides is 4. The minimum atomic E-state index is -0.585. The third kappa shape index (κ3) is 9.77. The van der Waals surface area contributed by atoms with Crippen LogP contribution >= 0.6 is 0 Å². The lowest BCUT2D eigenvalue weighted by Gasteiger charge is -2.19. The summed E-state index contributed by atoms with van der Waals surface area (Å²) in [7, 11) is 0. The molecule has 0 radical (unpaired) electrons. The molecule has 0 atom stereocenters. The van der Waals surface area contributed by atoms with E-state index in [1.807, 2.05) is 48.5 Å². The van der Waals surface area contributed by atoms with Crippen molar-refractivity contribution in [3.63, 3.8) is 0 Å². The summed E-state index contributed by atoms with van der Waals surface area (Å²) in [5.41, 5.74) is 7.31. The van der Waals surface area contributed by atoms with Gasteiger partial charge in [0.05, 0.1) is 22.8 Å². The Balaban J connectivity index is 1.10. The van der Waals surface area contributed by atoms with Gasteiger partial charge in [-0.15, -0.1) is 0 Å². The molecule has 2 heterocycles. The van der Waals surface area contributed by atoms with Gasteiger partial charge in [0.15, 0.2) is 0 Å². The smallest absolute Gasteiger partial charge is 0.407 e. The molecule has 3 aromatic carbocycles. The van der Waals surface area contributed by atoms with Crippen LogP contribution in [0, 0.1) is 0 Å². The van der Waals surface area contributed by atoms with E-state index in [4.69, 9.17) is 19.5 Å². The Bertz CT molecular complexity index is 1720. The van der Waals surface area contributed by atoms with Crippen LogP contribution in [0.1, 0.15) is 84.5 Å². The molecule has 12 nitrogen and oxygen atoms in total. The van der Waals surface area contributed by atoms with Gasteiger partial charge in [-0.05, 0) is 100 Å². The standard InChI is InChI=1S/C38H44N6O6/c1-37(2,3)49-35(47)41-17-15-39-33(45)25-11-13-29-27(19-25)21-31(43-29)23-7-9-24(10-8-23)32-22-28-20-26(12-14-30(28)44-32)34(46)40-16-18-42-36(48)50-38(4,5)6/h7-14,19-20H,15-18,21-22H2,1-6H3,(H,39,45)(H,40,46)(H,41,47)(H,42,48). The van der Waals surface area contributed by atoms with Crippen molar-refractivity contribution in [2.45, 2.75) is 65.6 Å². The van der Waals surface area contributed by atoms with Crippen LogP contribution in [0.4, 0.5) is 21.0 Å². The first-order chi connectivity index (χ1) is 23.6. The molecular formula is C38H44N6O6. The van der Waals surface area contributed by atoms with Crippen LogP contribution in [0.15, 0.2) is 70.6 Å². The molecule has 2 aliphatic heterocycles. The van der Waals surface area contributed by atoms with Crippen molar-refractivity contribution in [3.8, 4) is 0 Å². The number of hydrogen-bond donors (Lipinski definition) is 4. The number of carbonyl (C=O) groups excluding carboxylic acids is 4. The molecule has 3 aromatic rings. The minimum absolute atomic E-state index is 0.227. The summed E-state index contributed by atoms with van der Waals surface area (Å²) >= 11 is 0.